The Morgan fingerprint density at radius 2 is 1.92 bits per heavy atom. The molecular formula is C11H18O2. The van der Waals surface area contributed by atoms with Crippen molar-refractivity contribution in [1.29, 1.82) is 0 Å². The first-order valence-electron chi connectivity index (χ1n) is 4.74. The minimum absolute atomic E-state index is 0.0690. The van der Waals surface area contributed by atoms with Gasteiger partial charge in [0.25, 0.3) is 0 Å². The fourth-order valence-corrected chi connectivity index (χ4v) is 2.23. The average Bonchev–Trinajstić information content (AvgIpc) is 1.78. The normalized spacial score (nSPS) is 24.8. The highest BCUT2D eigenvalue weighted by atomic mass is 16.3. The van der Waals surface area contributed by atoms with E-state index < -0.39 is 6.10 Å². The molecule has 2 nitrogen and oxygen atoms in total. The van der Waals surface area contributed by atoms with Crippen molar-refractivity contribution in [3.8, 4) is 0 Å². The second-order valence-electron chi connectivity index (χ2n) is 4.81. The lowest BCUT2D eigenvalue weighted by Crippen LogP contribution is -2.29. The zero-order chi connectivity index (χ0) is 10.2. The van der Waals surface area contributed by atoms with Crippen LogP contribution in [0.25, 0.3) is 0 Å². The highest BCUT2D eigenvalue weighted by molar-refractivity contribution is 5.98. The van der Waals surface area contributed by atoms with Crippen LogP contribution in [0.4, 0.5) is 0 Å². The molecule has 0 fully saturated rings. The molecule has 1 aliphatic carbocycles. The van der Waals surface area contributed by atoms with E-state index in [1.165, 1.54) is 0 Å². The molecule has 0 aromatic heterocycles. The van der Waals surface area contributed by atoms with Gasteiger partial charge in [-0.25, -0.2) is 0 Å². The molecule has 1 N–H and O–H groups in total. The Morgan fingerprint density at radius 1 is 1.38 bits per heavy atom. The van der Waals surface area contributed by atoms with Crippen molar-refractivity contribution in [1.82, 2.24) is 0 Å². The van der Waals surface area contributed by atoms with Crippen LogP contribution in [0, 0.1) is 5.41 Å². The standard InChI is InChI=1S/C11H18O2/c1-7-5-11(3,4)6-9(13)10(7)8(2)12/h8,12H,5-6H2,1-4H3. The molecule has 0 saturated carbocycles. The Kier molecular flexibility index (Phi) is 2.62. The lowest BCUT2D eigenvalue weighted by Gasteiger charge is -2.31. The van der Waals surface area contributed by atoms with E-state index in [2.05, 4.69) is 13.8 Å². The van der Waals surface area contributed by atoms with E-state index >= 15 is 0 Å². The SMILES string of the molecule is CC1=C(C(C)O)C(=O)CC(C)(C)C1. The number of ketones is 1. The lowest BCUT2D eigenvalue weighted by molar-refractivity contribution is -0.119. The quantitative estimate of drug-likeness (QED) is 0.674. The third-order valence-corrected chi connectivity index (χ3v) is 2.56. The Labute approximate surface area is 79.6 Å². The van der Waals surface area contributed by atoms with E-state index in [9.17, 15) is 9.90 Å². The lowest BCUT2D eigenvalue weighted by atomic mass is 9.73. The summed E-state index contributed by atoms with van der Waals surface area (Å²) in [7, 11) is 0. The molecule has 1 unspecified atom stereocenters. The van der Waals surface area contributed by atoms with Crippen molar-refractivity contribution in [3.05, 3.63) is 11.1 Å². The van der Waals surface area contributed by atoms with Gasteiger partial charge in [0.15, 0.2) is 5.78 Å². The van der Waals surface area contributed by atoms with Gasteiger partial charge in [-0.2, -0.15) is 0 Å². The highest BCUT2D eigenvalue weighted by Gasteiger charge is 2.32. The molecule has 74 valence electrons. The van der Waals surface area contributed by atoms with Crippen molar-refractivity contribution in [2.24, 2.45) is 5.41 Å². The highest BCUT2D eigenvalue weighted by Crippen LogP contribution is 2.37. The Morgan fingerprint density at radius 3 is 2.31 bits per heavy atom. The summed E-state index contributed by atoms with van der Waals surface area (Å²) in [6.45, 7) is 7.79. The molecule has 0 amide bonds. The van der Waals surface area contributed by atoms with Gasteiger partial charge in [0.2, 0.25) is 0 Å². The molecule has 1 atom stereocenters. The first-order chi connectivity index (χ1) is 5.83. The monoisotopic (exact) mass is 182 g/mol. The Balaban J connectivity index is 3.01. The van der Waals surface area contributed by atoms with Crippen LogP contribution in [-0.4, -0.2) is 17.0 Å². The number of rotatable bonds is 1. The smallest absolute Gasteiger partial charge is 0.161 e. The van der Waals surface area contributed by atoms with E-state index in [1.54, 1.807) is 6.92 Å². The van der Waals surface area contributed by atoms with E-state index in [0.717, 1.165) is 12.0 Å². The Bertz CT molecular complexity index is 259. The van der Waals surface area contributed by atoms with E-state index in [0.29, 0.717) is 12.0 Å². The van der Waals surface area contributed by atoms with Gasteiger partial charge in [0.1, 0.15) is 0 Å². The van der Waals surface area contributed by atoms with E-state index in [-0.39, 0.29) is 11.2 Å². The number of carbonyl (C=O) groups excluding carboxylic acids is 1. The summed E-state index contributed by atoms with van der Waals surface area (Å²) in [5.41, 5.74) is 1.76. The molecule has 0 saturated heterocycles. The van der Waals surface area contributed by atoms with Gasteiger partial charge < -0.3 is 5.11 Å². The van der Waals surface area contributed by atoms with E-state index in [1.807, 2.05) is 6.92 Å². The number of Topliss-reactive ketones (excluding diaryl/α,β-unsaturated/α-hetero) is 1. The van der Waals surface area contributed by atoms with Crippen LogP contribution < -0.4 is 0 Å². The summed E-state index contributed by atoms with van der Waals surface area (Å²) in [4.78, 5) is 11.6. The third kappa shape index (κ3) is 2.19. The minimum Gasteiger partial charge on any atom is -0.389 e. The first kappa shape index (κ1) is 10.5. The molecule has 1 aliphatic rings. The van der Waals surface area contributed by atoms with Crippen LogP contribution in [0.15, 0.2) is 11.1 Å². The maximum Gasteiger partial charge on any atom is 0.161 e. The van der Waals surface area contributed by atoms with Crippen molar-refractivity contribution in [2.75, 3.05) is 0 Å². The molecule has 0 heterocycles. The average molecular weight is 182 g/mol. The number of aliphatic hydroxyl groups is 1. The maximum absolute atomic E-state index is 11.6. The molecule has 0 radical (unpaired) electrons. The predicted octanol–water partition coefficient (Wildman–Crippen LogP) is 2.07. The summed E-state index contributed by atoms with van der Waals surface area (Å²) in [6, 6.07) is 0. The van der Waals surface area contributed by atoms with Gasteiger partial charge in [-0.1, -0.05) is 19.4 Å². The van der Waals surface area contributed by atoms with Crippen molar-refractivity contribution < 1.29 is 9.90 Å². The van der Waals surface area contributed by atoms with Gasteiger partial charge in [-0.05, 0) is 25.7 Å². The number of aliphatic hydroxyl groups excluding tert-OH is 1. The zero-order valence-electron chi connectivity index (χ0n) is 8.85. The van der Waals surface area contributed by atoms with Gasteiger partial charge in [-0.3, -0.25) is 4.79 Å². The summed E-state index contributed by atoms with van der Waals surface area (Å²) < 4.78 is 0. The number of allylic oxidation sites excluding steroid dienone is 1. The Hall–Kier alpha value is -0.630. The number of carbonyl (C=O) groups is 1. The van der Waals surface area contributed by atoms with E-state index in [4.69, 9.17) is 0 Å². The number of hydrogen-bond donors (Lipinski definition) is 1. The van der Waals surface area contributed by atoms with Crippen molar-refractivity contribution in [2.45, 2.75) is 46.6 Å². The summed E-state index contributed by atoms with van der Waals surface area (Å²) in [5, 5.41) is 9.41. The minimum atomic E-state index is -0.608. The van der Waals surface area contributed by atoms with Crippen molar-refractivity contribution in [3.63, 3.8) is 0 Å². The third-order valence-electron chi connectivity index (χ3n) is 2.56. The maximum atomic E-state index is 11.6. The van der Waals surface area contributed by atoms with Crippen LogP contribution in [0.5, 0.6) is 0 Å². The van der Waals surface area contributed by atoms with Gasteiger partial charge in [-0.15, -0.1) is 0 Å². The summed E-state index contributed by atoms with van der Waals surface area (Å²) >= 11 is 0. The van der Waals surface area contributed by atoms with Gasteiger partial charge >= 0.3 is 0 Å². The summed E-state index contributed by atoms with van der Waals surface area (Å²) in [6.07, 6.45) is 0.868. The molecular weight excluding hydrogens is 164 g/mol. The molecule has 0 aliphatic heterocycles. The van der Waals surface area contributed by atoms with Crippen LogP contribution in [0.3, 0.4) is 0 Å². The molecule has 0 aromatic carbocycles. The van der Waals surface area contributed by atoms with Crippen molar-refractivity contribution >= 4 is 5.78 Å². The largest absolute Gasteiger partial charge is 0.389 e. The fraction of sp³-hybridized carbons (Fsp3) is 0.727. The topological polar surface area (TPSA) is 37.3 Å². The molecule has 0 spiro atoms. The fourth-order valence-electron chi connectivity index (χ4n) is 2.23. The predicted molar refractivity (Wildman–Crippen MR) is 52.4 cm³/mol. The molecule has 13 heavy (non-hydrogen) atoms. The van der Waals surface area contributed by atoms with Crippen LogP contribution in [-0.2, 0) is 4.79 Å². The molecule has 1 rings (SSSR count). The molecule has 0 bridgehead atoms. The second-order valence-corrected chi connectivity index (χ2v) is 4.81. The van der Waals surface area contributed by atoms with Gasteiger partial charge in [0.05, 0.1) is 6.10 Å². The second kappa shape index (κ2) is 3.26. The van der Waals surface area contributed by atoms with Gasteiger partial charge in [0, 0.05) is 12.0 Å². The molecule has 2 heteroatoms. The first-order valence-corrected chi connectivity index (χ1v) is 4.74. The summed E-state index contributed by atoms with van der Waals surface area (Å²) in [5.74, 6) is 0.115. The van der Waals surface area contributed by atoms with Crippen LogP contribution in [0.2, 0.25) is 0 Å². The van der Waals surface area contributed by atoms with Crippen LogP contribution in [0.1, 0.15) is 40.5 Å². The molecule has 0 aromatic rings. The van der Waals surface area contributed by atoms with Crippen LogP contribution >= 0.6 is 0 Å². The zero-order valence-corrected chi connectivity index (χ0v) is 8.85. The number of hydrogen-bond acceptors (Lipinski definition) is 2.